The summed E-state index contributed by atoms with van der Waals surface area (Å²) >= 11 is 1.44. The van der Waals surface area contributed by atoms with E-state index in [1.54, 1.807) is 0 Å². The zero-order valence-corrected chi connectivity index (χ0v) is 13.4. The lowest BCUT2D eigenvalue weighted by Gasteiger charge is -2.04. The van der Waals surface area contributed by atoms with Crippen molar-refractivity contribution in [3.63, 3.8) is 0 Å². The summed E-state index contributed by atoms with van der Waals surface area (Å²) in [6.45, 7) is 3.70. The van der Waals surface area contributed by atoms with E-state index in [1.807, 2.05) is 13.8 Å². The van der Waals surface area contributed by atoms with Crippen LogP contribution < -0.4 is 5.56 Å². The molecular formula is C16H14N2O4S. The molecule has 0 fully saturated rings. The Morgan fingerprint density at radius 1 is 1.30 bits per heavy atom. The van der Waals surface area contributed by atoms with E-state index < -0.39 is 5.97 Å². The maximum Gasteiger partial charge on any atom is 0.338 e. The zero-order chi connectivity index (χ0) is 16.6. The van der Waals surface area contributed by atoms with Crippen molar-refractivity contribution in [3.8, 4) is 5.75 Å². The number of esters is 1. The molecule has 0 radical (unpaired) electrons. The highest BCUT2D eigenvalue weighted by molar-refractivity contribution is 7.18. The molecule has 2 N–H and O–H groups in total. The summed E-state index contributed by atoms with van der Waals surface area (Å²) in [5, 5.41) is 9.79. The average Bonchev–Trinajstić information content (AvgIpc) is 2.80. The lowest BCUT2D eigenvalue weighted by Crippen LogP contribution is -2.14. The molecular weight excluding hydrogens is 316 g/mol. The van der Waals surface area contributed by atoms with Crippen LogP contribution in [0.25, 0.3) is 10.2 Å². The van der Waals surface area contributed by atoms with E-state index in [-0.39, 0.29) is 17.9 Å². The average molecular weight is 330 g/mol. The number of nitrogens with zero attached hydrogens (tertiary/aromatic N) is 1. The lowest BCUT2D eigenvalue weighted by atomic mass is 10.2. The Morgan fingerprint density at radius 2 is 2.00 bits per heavy atom. The first-order valence-electron chi connectivity index (χ1n) is 6.91. The first-order valence-corrected chi connectivity index (χ1v) is 7.72. The first kappa shape index (κ1) is 15.2. The molecule has 0 amide bonds. The van der Waals surface area contributed by atoms with E-state index in [0.717, 1.165) is 10.4 Å². The molecule has 0 aliphatic rings. The molecule has 0 saturated carbocycles. The second-order valence-electron chi connectivity index (χ2n) is 5.10. The van der Waals surface area contributed by atoms with Crippen molar-refractivity contribution in [2.45, 2.75) is 20.5 Å². The Kier molecular flexibility index (Phi) is 3.87. The standard InChI is InChI=1S/C16H14N2O4S/c1-8-9(2)23-15-13(8)14(20)17-12(18-15)7-22-16(21)10-3-5-11(19)6-4-10/h3-6,19H,7H2,1-2H3,(H,17,18,20). The summed E-state index contributed by atoms with van der Waals surface area (Å²) < 4.78 is 5.15. The zero-order valence-electron chi connectivity index (χ0n) is 12.5. The molecule has 0 spiro atoms. The summed E-state index contributed by atoms with van der Waals surface area (Å²) in [6, 6.07) is 5.73. The van der Waals surface area contributed by atoms with Crippen LogP contribution in [0.4, 0.5) is 0 Å². The number of hydrogen-bond donors (Lipinski definition) is 2. The molecule has 3 rings (SSSR count). The monoisotopic (exact) mass is 330 g/mol. The van der Waals surface area contributed by atoms with Crippen molar-refractivity contribution in [1.29, 1.82) is 0 Å². The SMILES string of the molecule is Cc1sc2nc(COC(=O)c3ccc(O)cc3)[nH]c(=O)c2c1C. The van der Waals surface area contributed by atoms with Gasteiger partial charge in [-0.25, -0.2) is 9.78 Å². The number of H-pyrrole nitrogens is 1. The number of rotatable bonds is 3. The van der Waals surface area contributed by atoms with Crippen LogP contribution in [0.2, 0.25) is 0 Å². The van der Waals surface area contributed by atoms with Gasteiger partial charge in [0.25, 0.3) is 5.56 Å². The number of aromatic hydroxyl groups is 1. The van der Waals surface area contributed by atoms with E-state index in [0.29, 0.717) is 21.6 Å². The minimum atomic E-state index is -0.550. The van der Waals surface area contributed by atoms with Gasteiger partial charge in [0.15, 0.2) is 0 Å². The highest BCUT2D eigenvalue weighted by atomic mass is 32.1. The molecule has 2 aromatic heterocycles. The molecule has 0 unspecified atom stereocenters. The number of aryl methyl sites for hydroxylation is 2. The Bertz CT molecular complexity index is 941. The number of ether oxygens (including phenoxy) is 1. The number of phenolic OH excluding ortho intramolecular Hbond substituents is 1. The minimum Gasteiger partial charge on any atom is -0.508 e. The molecule has 0 aliphatic heterocycles. The molecule has 0 bridgehead atoms. The van der Waals surface area contributed by atoms with Crippen molar-refractivity contribution >= 4 is 27.5 Å². The summed E-state index contributed by atoms with van der Waals surface area (Å²) in [5.74, 6) is -0.177. The van der Waals surface area contributed by atoms with Crippen LogP contribution in [-0.4, -0.2) is 21.0 Å². The van der Waals surface area contributed by atoms with Gasteiger partial charge in [0.05, 0.1) is 10.9 Å². The minimum absolute atomic E-state index is 0.0708. The third-order valence-corrected chi connectivity index (χ3v) is 4.63. The first-order chi connectivity index (χ1) is 11.0. The van der Waals surface area contributed by atoms with Crippen molar-refractivity contribution < 1.29 is 14.6 Å². The fourth-order valence-electron chi connectivity index (χ4n) is 2.18. The third-order valence-electron chi connectivity index (χ3n) is 3.53. The Balaban J connectivity index is 1.81. The maximum absolute atomic E-state index is 12.1. The molecule has 2 heterocycles. The van der Waals surface area contributed by atoms with Crippen molar-refractivity contribution in [3.05, 3.63) is 56.4 Å². The van der Waals surface area contributed by atoms with Crippen molar-refractivity contribution in [2.75, 3.05) is 0 Å². The fourth-order valence-corrected chi connectivity index (χ4v) is 3.23. The quantitative estimate of drug-likeness (QED) is 0.720. The summed E-state index contributed by atoms with van der Waals surface area (Å²) in [6.07, 6.45) is 0. The number of thiophene rings is 1. The van der Waals surface area contributed by atoms with Gasteiger partial charge in [0, 0.05) is 4.88 Å². The van der Waals surface area contributed by atoms with Gasteiger partial charge >= 0.3 is 5.97 Å². The van der Waals surface area contributed by atoms with Crippen LogP contribution in [0.15, 0.2) is 29.1 Å². The van der Waals surface area contributed by atoms with Crippen LogP contribution >= 0.6 is 11.3 Å². The van der Waals surface area contributed by atoms with Crippen LogP contribution in [-0.2, 0) is 11.3 Å². The Hall–Kier alpha value is -2.67. The number of carbonyl (C=O) groups is 1. The molecule has 118 valence electrons. The highest BCUT2D eigenvalue weighted by Gasteiger charge is 2.13. The number of aromatic nitrogens is 2. The van der Waals surface area contributed by atoms with E-state index >= 15 is 0 Å². The Morgan fingerprint density at radius 3 is 2.70 bits per heavy atom. The van der Waals surface area contributed by atoms with E-state index in [2.05, 4.69) is 9.97 Å². The molecule has 3 aromatic rings. The fraction of sp³-hybridized carbons (Fsp3) is 0.188. The molecule has 6 nitrogen and oxygen atoms in total. The second-order valence-corrected chi connectivity index (χ2v) is 6.30. The van der Waals surface area contributed by atoms with E-state index in [1.165, 1.54) is 35.6 Å². The molecule has 0 atom stereocenters. The summed E-state index contributed by atoms with van der Waals surface area (Å²) in [5.41, 5.74) is 1.01. The maximum atomic E-state index is 12.1. The number of carbonyl (C=O) groups excluding carboxylic acids is 1. The number of benzene rings is 1. The van der Waals surface area contributed by atoms with E-state index in [4.69, 9.17) is 4.74 Å². The predicted octanol–water partition coefficient (Wildman–Crippen LogP) is 2.66. The Labute approximate surface area is 135 Å². The van der Waals surface area contributed by atoms with Gasteiger partial charge in [0.1, 0.15) is 23.0 Å². The molecule has 0 aliphatic carbocycles. The van der Waals surface area contributed by atoms with Crippen molar-refractivity contribution in [2.24, 2.45) is 0 Å². The topological polar surface area (TPSA) is 92.3 Å². The van der Waals surface area contributed by atoms with Gasteiger partial charge in [-0.15, -0.1) is 11.3 Å². The van der Waals surface area contributed by atoms with Gasteiger partial charge in [0.2, 0.25) is 0 Å². The van der Waals surface area contributed by atoms with E-state index in [9.17, 15) is 14.7 Å². The number of phenols is 1. The van der Waals surface area contributed by atoms with Crippen LogP contribution in [0, 0.1) is 13.8 Å². The molecule has 0 saturated heterocycles. The van der Waals surface area contributed by atoms with Crippen LogP contribution in [0.3, 0.4) is 0 Å². The smallest absolute Gasteiger partial charge is 0.338 e. The summed E-state index contributed by atoms with van der Waals surface area (Å²) in [4.78, 5) is 32.7. The predicted molar refractivity (Wildman–Crippen MR) is 86.9 cm³/mol. The number of hydrogen-bond acceptors (Lipinski definition) is 6. The van der Waals surface area contributed by atoms with Gasteiger partial charge in [-0.05, 0) is 43.7 Å². The second kappa shape index (κ2) is 5.85. The van der Waals surface area contributed by atoms with Crippen LogP contribution in [0.1, 0.15) is 26.6 Å². The lowest BCUT2D eigenvalue weighted by molar-refractivity contribution is 0.0462. The highest BCUT2D eigenvalue weighted by Crippen LogP contribution is 2.25. The molecule has 23 heavy (non-hydrogen) atoms. The summed E-state index contributed by atoms with van der Waals surface area (Å²) in [7, 11) is 0. The molecule has 7 heteroatoms. The van der Waals surface area contributed by atoms with Crippen LogP contribution in [0.5, 0.6) is 5.75 Å². The molecule has 1 aromatic carbocycles. The van der Waals surface area contributed by atoms with Gasteiger partial charge in [-0.3, -0.25) is 4.79 Å². The van der Waals surface area contributed by atoms with Crippen molar-refractivity contribution in [1.82, 2.24) is 9.97 Å². The van der Waals surface area contributed by atoms with Gasteiger partial charge < -0.3 is 14.8 Å². The number of aromatic amines is 1. The van der Waals surface area contributed by atoms with Gasteiger partial charge in [-0.1, -0.05) is 0 Å². The van der Waals surface area contributed by atoms with Gasteiger partial charge in [-0.2, -0.15) is 0 Å². The largest absolute Gasteiger partial charge is 0.508 e. The number of nitrogens with one attached hydrogen (secondary N) is 1. The third kappa shape index (κ3) is 2.95. The number of fused-ring (bicyclic) bond motifs is 1. The normalized spacial score (nSPS) is 10.9.